The topological polar surface area (TPSA) is 66.3 Å². The second kappa shape index (κ2) is 9.32. The van der Waals surface area contributed by atoms with Gasteiger partial charge < -0.3 is 24.8 Å². The number of nitrogens with one attached hydrogen (secondary N) is 1. The second-order valence-corrected chi connectivity index (χ2v) is 7.44. The number of halogens is 3. The molecule has 3 rings (SSSR count). The lowest BCUT2D eigenvalue weighted by Crippen LogP contribution is -2.49. The molecule has 0 radical (unpaired) electrons. The molecule has 2 fully saturated rings. The highest BCUT2D eigenvalue weighted by Crippen LogP contribution is 2.32. The number of aliphatic hydroxyl groups is 1. The third-order valence-corrected chi connectivity index (χ3v) is 5.23. The van der Waals surface area contributed by atoms with E-state index < -0.39 is 23.4 Å². The first kappa shape index (κ1) is 21.9. The van der Waals surface area contributed by atoms with E-state index in [0.29, 0.717) is 63.8 Å². The zero-order valence-electron chi connectivity index (χ0n) is 16.5. The minimum atomic E-state index is -4.39. The number of hydrogen-bond donors (Lipinski definition) is 2. The van der Waals surface area contributed by atoms with Crippen molar-refractivity contribution in [3.05, 3.63) is 35.4 Å². The lowest BCUT2D eigenvalue weighted by Gasteiger charge is -2.36. The molecule has 1 atom stereocenters. The number of hydrogen-bond acceptors (Lipinski definition) is 4. The first-order chi connectivity index (χ1) is 13.8. The van der Waals surface area contributed by atoms with Gasteiger partial charge in [-0.3, -0.25) is 4.99 Å². The number of nitrogens with zero attached hydrogens (tertiary/aromatic N) is 2. The van der Waals surface area contributed by atoms with E-state index in [2.05, 4.69) is 10.3 Å². The molecule has 162 valence electrons. The molecule has 2 heterocycles. The molecule has 1 unspecified atom stereocenters. The number of morpholine rings is 1. The highest BCUT2D eigenvalue weighted by Gasteiger charge is 2.33. The zero-order valence-corrected chi connectivity index (χ0v) is 16.5. The summed E-state index contributed by atoms with van der Waals surface area (Å²) in [5, 5.41) is 13.9. The molecule has 2 aliphatic rings. The quantitative estimate of drug-likeness (QED) is 0.585. The van der Waals surface area contributed by atoms with Gasteiger partial charge in [0.25, 0.3) is 0 Å². The van der Waals surface area contributed by atoms with Crippen molar-refractivity contribution in [1.29, 1.82) is 0 Å². The molecule has 0 spiro atoms. The summed E-state index contributed by atoms with van der Waals surface area (Å²) >= 11 is 0. The van der Waals surface area contributed by atoms with Crippen LogP contribution in [0.15, 0.2) is 29.3 Å². The summed E-state index contributed by atoms with van der Waals surface area (Å²) in [6.45, 7) is 5.20. The second-order valence-electron chi connectivity index (χ2n) is 7.44. The van der Waals surface area contributed by atoms with E-state index in [0.717, 1.165) is 12.1 Å². The Balaban J connectivity index is 1.72. The van der Waals surface area contributed by atoms with Crippen LogP contribution < -0.4 is 5.32 Å². The fourth-order valence-electron chi connectivity index (χ4n) is 3.52. The molecule has 1 aromatic carbocycles. The summed E-state index contributed by atoms with van der Waals surface area (Å²) in [6.07, 6.45) is -3.81. The van der Waals surface area contributed by atoms with Crippen LogP contribution in [-0.2, 0) is 15.7 Å². The van der Waals surface area contributed by atoms with E-state index in [1.165, 1.54) is 6.07 Å². The molecule has 6 nitrogen and oxygen atoms in total. The van der Waals surface area contributed by atoms with Gasteiger partial charge in [0.05, 0.1) is 30.9 Å². The molecule has 2 N–H and O–H groups in total. The van der Waals surface area contributed by atoms with Gasteiger partial charge in [0.15, 0.2) is 5.96 Å². The fourth-order valence-corrected chi connectivity index (χ4v) is 3.52. The summed E-state index contributed by atoms with van der Waals surface area (Å²) in [4.78, 5) is 6.58. The third kappa shape index (κ3) is 5.83. The smallest absolute Gasteiger partial charge is 0.388 e. The molecule has 1 aromatic rings. The highest BCUT2D eigenvalue weighted by molar-refractivity contribution is 5.80. The van der Waals surface area contributed by atoms with E-state index in [9.17, 15) is 18.3 Å². The Kier molecular flexibility index (Phi) is 7.02. The monoisotopic (exact) mass is 415 g/mol. The van der Waals surface area contributed by atoms with Crippen molar-refractivity contribution < 1.29 is 27.8 Å². The van der Waals surface area contributed by atoms with Gasteiger partial charge in [-0.05, 0) is 24.6 Å². The summed E-state index contributed by atoms with van der Waals surface area (Å²) in [5.74, 6) is 0.632. The van der Waals surface area contributed by atoms with Gasteiger partial charge >= 0.3 is 6.18 Å². The first-order valence-electron chi connectivity index (χ1n) is 9.93. The molecule has 29 heavy (non-hydrogen) atoms. The Labute approximate surface area is 168 Å². The Bertz CT molecular complexity index is 706. The van der Waals surface area contributed by atoms with E-state index >= 15 is 0 Å². The van der Waals surface area contributed by atoms with Crippen LogP contribution >= 0.6 is 0 Å². The van der Waals surface area contributed by atoms with Crippen molar-refractivity contribution in [3.63, 3.8) is 0 Å². The summed E-state index contributed by atoms with van der Waals surface area (Å²) in [5.41, 5.74) is -1.08. The minimum Gasteiger partial charge on any atom is -0.388 e. The van der Waals surface area contributed by atoms with E-state index in [-0.39, 0.29) is 6.54 Å². The Hall–Kier alpha value is -1.84. The largest absolute Gasteiger partial charge is 0.416 e. The van der Waals surface area contributed by atoms with Crippen LogP contribution in [0, 0.1) is 0 Å². The maximum Gasteiger partial charge on any atom is 0.416 e. The molecule has 9 heteroatoms. The van der Waals surface area contributed by atoms with Crippen LogP contribution in [0.1, 0.15) is 37.0 Å². The van der Waals surface area contributed by atoms with Crippen molar-refractivity contribution in [3.8, 4) is 0 Å². The molecule has 0 amide bonds. The SMILES string of the molecule is CCNC(=NCC1(O)CCOCC1)N1CCOC(c2cccc(C(F)(F)F)c2)C1. The van der Waals surface area contributed by atoms with Crippen molar-refractivity contribution in [2.24, 2.45) is 4.99 Å². The summed E-state index contributed by atoms with van der Waals surface area (Å²) < 4.78 is 50.2. The summed E-state index contributed by atoms with van der Waals surface area (Å²) in [7, 11) is 0. The number of rotatable bonds is 4. The molecular formula is C20H28F3N3O3. The van der Waals surface area contributed by atoms with Crippen molar-refractivity contribution in [1.82, 2.24) is 10.2 Å². The average molecular weight is 415 g/mol. The van der Waals surface area contributed by atoms with Gasteiger partial charge in [-0.25, -0.2) is 0 Å². The minimum absolute atomic E-state index is 0.254. The van der Waals surface area contributed by atoms with Crippen LogP contribution in [0.4, 0.5) is 13.2 Å². The third-order valence-electron chi connectivity index (χ3n) is 5.23. The molecule has 0 aromatic heterocycles. The standard InChI is InChI=1S/C20H28F3N3O3/c1-2-24-18(25-14-19(27)6-9-28-10-7-19)26-8-11-29-17(13-26)15-4-3-5-16(12-15)20(21,22)23/h3-5,12,17,27H,2,6-11,13-14H2,1H3,(H,24,25). The molecule has 0 bridgehead atoms. The van der Waals surface area contributed by atoms with Gasteiger partial charge in [-0.2, -0.15) is 13.2 Å². The van der Waals surface area contributed by atoms with Gasteiger partial charge in [-0.15, -0.1) is 0 Å². The van der Waals surface area contributed by atoms with Gasteiger partial charge in [0, 0.05) is 39.1 Å². The van der Waals surface area contributed by atoms with Crippen molar-refractivity contribution in [2.45, 2.75) is 37.6 Å². The van der Waals surface area contributed by atoms with E-state index in [4.69, 9.17) is 9.47 Å². The highest BCUT2D eigenvalue weighted by atomic mass is 19.4. The maximum absolute atomic E-state index is 13.0. The maximum atomic E-state index is 13.0. The predicted molar refractivity (Wildman–Crippen MR) is 103 cm³/mol. The van der Waals surface area contributed by atoms with Crippen LogP contribution in [0.25, 0.3) is 0 Å². The fraction of sp³-hybridized carbons (Fsp3) is 0.650. The zero-order chi connectivity index (χ0) is 20.9. The number of ether oxygens (including phenoxy) is 2. The molecule has 0 aliphatic carbocycles. The molecule has 0 saturated carbocycles. The van der Waals surface area contributed by atoms with Crippen LogP contribution in [0.5, 0.6) is 0 Å². The molecule has 2 saturated heterocycles. The van der Waals surface area contributed by atoms with Gasteiger partial charge in [-0.1, -0.05) is 12.1 Å². The molecule has 2 aliphatic heterocycles. The number of aliphatic imine (C=N–C) groups is 1. The Morgan fingerprint density at radius 3 is 2.76 bits per heavy atom. The lowest BCUT2D eigenvalue weighted by molar-refractivity contribution is -0.137. The average Bonchev–Trinajstić information content (AvgIpc) is 2.71. The normalized spacial score (nSPS) is 23.1. The first-order valence-corrected chi connectivity index (χ1v) is 9.93. The Morgan fingerprint density at radius 1 is 1.31 bits per heavy atom. The van der Waals surface area contributed by atoms with Crippen LogP contribution in [0.2, 0.25) is 0 Å². The predicted octanol–water partition coefficient (Wildman–Crippen LogP) is 2.59. The number of benzene rings is 1. The van der Waals surface area contributed by atoms with Crippen molar-refractivity contribution in [2.75, 3.05) is 46.0 Å². The Morgan fingerprint density at radius 2 is 2.07 bits per heavy atom. The van der Waals surface area contributed by atoms with Crippen LogP contribution in [0.3, 0.4) is 0 Å². The number of alkyl halides is 3. The van der Waals surface area contributed by atoms with Crippen molar-refractivity contribution >= 4 is 5.96 Å². The summed E-state index contributed by atoms with van der Waals surface area (Å²) in [6, 6.07) is 5.26. The molecular weight excluding hydrogens is 387 g/mol. The van der Waals surface area contributed by atoms with Gasteiger partial charge in [0.2, 0.25) is 0 Å². The number of guanidine groups is 1. The van der Waals surface area contributed by atoms with E-state index in [1.54, 1.807) is 6.07 Å². The van der Waals surface area contributed by atoms with Gasteiger partial charge in [0.1, 0.15) is 6.10 Å². The van der Waals surface area contributed by atoms with E-state index in [1.807, 2.05) is 11.8 Å². The van der Waals surface area contributed by atoms with Crippen LogP contribution in [-0.4, -0.2) is 67.6 Å². The lowest BCUT2D eigenvalue weighted by atomic mass is 9.95.